The van der Waals surface area contributed by atoms with Crippen LogP contribution in [0.25, 0.3) is 11.1 Å². The average molecular weight is 411 g/mol. The Balaban J connectivity index is 1.78. The van der Waals surface area contributed by atoms with Crippen molar-refractivity contribution in [3.8, 4) is 16.9 Å². The van der Waals surface area contributed by atoms with Gasteiger partial charge in [0.05, 0.1) is 18.1 Å². The van der Waals surface area contributed by atoms with Crippen molar-refractivity contribution in [2.45, 2.75) is 36.7 Å². The van der Waals surface area contributed by atoms with Crippen LogP contribution in [0.5, 0.6) is 5.75 Å². The number of aromatic nitrogens is 1. The summed E-state index contributed by atoms with van der Waals surface area (Å²) in [5, 5.41) is 9.62. The van der Waals surface area contributed by atoms with Gasteiger partial charge in [0, 0.05) is 22.9 Å². The topological polar surface area (TPSA) is 59.4 Å². The lowest BCUT2D eigenvalue weighted by Crippen LogP contribution is -2.07. The van der Waals surface area contributed by atoms with Gasteiger partial charge in [0.25, 0.3) is 0 Å². The number of hydrogen-bond acceptors (Lipinski definition) is 4. The molecule has 0 radical (unpaired) electrons. The molecular formula is C20H20F3NO3S. The summed E-state index contributed by atoms with van der Waals surface area (Å²) >= 11 is 1.40. The van der Waals surface area contributed by atoms with Crippen LogP contribution in [0.15, 0.2) is 41.6 Å². The third-order valence-corrected chi connectivity index (χ3v) is 5.41. The number of halogens is 3. The first-order chi connectivity index (χ1) is 13.1. The van der Waals surface area contributed by atoms with Crippen molar-refractivity contribution in [2.75, 3.05) is 6.61 Å². The molecule has 1 saturated carbocycles. The fraction of sp³-hybridized carbons (Fsp3) is 0.400. The van der Waals surface area contributed by atoms with Gasteiger partial charge in [0.2, 0.25) is 0 Å². The van der Waals surface area contributed by atoms with E-state index in [-0.39, 0.29) is 17.1 Å². The minimum Gasteiger partial charge on any atom is -0.493 e. The summed E-state index contributed by atoms with van der Waals surface area (Å²) in [6, 6.07) is 7.86. The highest BCUT2D eigenvalue weighted by molar-refractivity contribution is 7.99. The minimum atomic E-state index is -4.46. The van der Waals surface area contributed by atoms with E-state index in [4.69, 9.17) is 9.84 Å². The molecule has 1 aromatic heterocycles. The maximum Gasteiger partial charge on any atom is 0.417 e. The van der Waals surface area contributed by atoms with Crippen LogP contribution in [-0.2, 0) is 11.0 Å². The molecule has 0 aliphatic heterocycles. The largest absolute Gasteiger partial charge is 0.493 e. The zero-order valence-electron chi connectivity index (χ0n) is 15.4. The molecule has 1 aliphatic rings. The van der Waals surface area contributed by atoms with Gasteiger partial charge in [0.15, 0.2) is 0 Å². The van der Waals surface area contributed by atoms with Crippen LogP contribution in [0, 0.1) is 11.8 Å². The number of alkyl halides is 3. The average Bonchev–Trinajstić information content (AvgIpc) is 3.39. The fourth-order valence-electron chi connectivity index (χ4n) is 2.80. The zero-order valence-corrected chi connectivity index (χ0v) is 16.2. The Morgan fingerprint density at radius 2 is 2.00 bits per heavy atom. The first kappa shape index (κ1) is 20.5. The Morgan fingerprint density at radius 1 is 1.32 bits per heavy atom. The lowest BCUT2D eigenvalue weighted by atomic mass is 10.1. The van der Waals surface area contributed by atoms with Crippen LogP contribution in [0.4, 0.5) is 13.2 Å². The van der Waals surface area contributed by atoms with Crippen LogP contribution in [-0.4, -0.2) is 27.9 Å². The van der Waals surface area contributed by atoms with Gasteiger partial charge in [-0.1, -0.05) is 26.0 Å². The fourth-order valence-corrected chi connectivity index (χ4v) is 3.66. The molecule has 0 bridgehead atoms. The molecule has 0 spiro atoms. The Labute approximate surface area is 165 Å². The van der Waals surface area contributed by atoms with Crippen molar-refractivity contribution >= 4 is 17.7 Å². The van der Waals surface area contributed by atoms with Crippen LogP contribution in [0.3, 0.4) is 0 Å². The highest BCUT2D eigenvalue weighted by Gasteiger charge is 2.43. The van der Waals surface area contributed by atoms with Gasteiger partial charge in [-0.25, -0.2) is 4.98 Å². The monoisotopic (exact) mass is 411 g/mol. The number of aliphatic carboxylic acids is 1. The van der Waals surface area contributed by atoms with E-state index in [2.05, 4.69) is 4.98 Å². The minimum absolute atomic E-state index is 0.0129. The Hall–Kier alpha value is -2.22. The molecule has 1 fully saturated rings. The normalized spacial score (nSPS) is 18.9. The molecular weight excluding hydrogens is 391 g/mol. The molecule has 8 heteroatoms. The van der Waals surface area contributed by atoms with Gasteiger partial charge in [-0.05, 0) is 30.2 Å². The first-order valence-electron chi connectivity index (χ1n) is 8.85. The lowest BCUT2D eigenvalue weighted by molar-refractivity contribution is -0.139. The summed E-state index contributed by atoms with van der Waals surface area (Å²) in [5.74, 6) is -0.584. The number of ether oxygens (including phenoxy) is 1. The van der Waals surface area contributed by atoms with E-state index in [0.29, 0.717) is 34.9 Å². The molecule has 1 aromatic carbocycles. The van der Waals surface area contributed by atoms with E-state index >= 15 is 0 Å². The highest BCUT2D eigenvalue weighted by atomic mass is 32.2. The number of carboxylic acid groups (broad SMARTS) is 1. The standard InChI is InChI=1S/C20H20F3NO3S/c1-11(2)28-18-16(8-14(9-24-18)20(21,22)23)12-3-5-15(6-4-12)27-10-13-7-17(13)19(25)26/h3-6,8-9,11,13,17H,7,10H2,1-2H3,(H,25,26). The molecule has 0 amide bonds. The van der Waals surface area contributed by atoms with Gasteiger partial charge >= 0.3 is 12.1 Å². The van der Waals surface area contributed by atoms with Gasteiger partial charge < -0.3 is 9.84 Å². The molecule has 2 atom stereocenters. The van der Waals surface area contributed by atoms with E-state index in [9.17, 15) is 18.0 Å². The molecule has 150 valence electrons. The molecule has 3 rings (SSSR count). The van der Waals surface area contributed by atoms with Crippen molar-refractivity contribution in [2.24, 2.45) is 11.8 Å². The number of rotatable bonds is 7. The quantitative estimate of drug-likeness (QED) is 0.621. The summed E-state index contributed by atoms with van der Waals surface area (Å²) < 4.78 is 44.9. The molecule has 1 heterocycles. The molecule has 0 saturated heterocycles. The van der Waals surface area contributed by atoms with E-state index in [1.165, 1.54) is 11.8 Å². The maximum absolute atomic E-state index is 13.1. The number of pyridine rings is 1. The Morgan fingerprint density at radius 3 is 2.54 bits per heavy atom. The van der Waals surface area contributed by atoms with E-state index in [1.54, 1.807) is 24.3 Å². The number of nitrogens with zero attached hydrogens (tertiary/aromatic N) is 1. The van der Waals surface area contributed by atoms with Crippen LogP contribution < -0.4 is 4.74 Å². The molecule has 2 aromatic rings. The van der Waals surface area contributed by atoms with Crippen molar-refractivity contribution in [3.05, 3.63) is 42.1 Å². The number of thioether (sulfide) groups is 1. The number of hydrogen-bond donors (Lipinski definition) is 1. The van der Waals surface area contributed by atoms with Gasteiger partial charge in [-0.3, -0.25) is 4.79 Å². The van der Waals surface area contributed by atoms with Crippen LogP contribution in [0.2, 0.25) is 0 Å². The molecule has 28 heavy (non-hydrogen) atoms. The summed E-state index contributed by atoms with van der Waals surface area (Å²) in [7, 11) is 0. The predicted molar refractivity (Wildman–Crippen MR) is 100 cm³/mol. The summed E-state index contributed by atoms with van der Waals surface area (Å²) in [4.78, 5) is 14.9. The van der Waals surface area contributed by atoms with Gasteiger partial charge in [0.1, 0.15) is 10.8 Å². The van der Waals surface area contributed by atoms with Crippen LogP contribution >= 0.6 is 11.8 Å². The maximum atomic E-state index is 13.1. The molecule has 1 N–H and O–H groups in total. The second-order valence-electron chi connectivity index (χ2n) is 7.02. The number of carbonyl (C=O) groups is 1. The summed E-state index contributed by atoms with van der Waals surface area (Å²) in [5.41, 5.74) is 0.251. The van der Waals surface area contributed by atoms with Crippen molar-refractivity contribution in [1.29, 1.82) is 0 Å². The van der Waals surface area contributed by atoms with Crippen molar-refractivity contribution in [1.82, 2.24) is 4.98 Å². The lowest BCUT2D eigenvalue weighted by Gasteiger charge is -2.14. The molecule has 4 nitrogen and oxygen atoms in total. The van der Waals surface area contributed by atoms with Crippen molar-refractivity contribution < 1.29 is 27.8 Å². The van der Waals surface area contributed by atoms with Gasteiger partial charge in [-0.2, -0.15) is 13.2 Å². The van der Waals surface area contributed by atoms with E-state index < -0.39 is 17.7 Å². The highest BCUT2D eigenvalue weighted by Crippen LogP contribution is 2.40. The predicted octanol–water partition coefficient (Wildman–Crippen LogP) is 5.37. The summed E-state index contributed by atoms with van der Waals surface area (Å²) in [6.45, 7) is 4.22. The van der Waals surface area contributed by atoms with Gasteiger partial charge in [-0.15, -0.1) is 11.8 Å². The molecule has 1 aliphatic carbocycles. The van der Waals surface area contributed by atoms with Crippen LogP contribution in [0.1, 0.15) is 25.8 Å². The third-order valence-electron chi connectivity index (χ3n) is 4.39. The zero-order chi connectivity index (χ0) is 20.5. The Kier molecular flexibility index (Phi) is 5.88. The second-order valence-corrected chi connectivity index (χ2v) is 8.58. The van der Waals surface area contributed by atoms with E-state index in [0.717, 1.165) is 12.3 Å². The second kappa shape index (κ2) is 8.03. The summed E-state index contributed by atoms with van der Waals surface area (Å²) in [6.07, 6.45) is -2.99. The third kappa shape index (κ3) is 4.98. The first-order valence-corrected chi connectivity index (χ1v) is 9.73. The molecule has 2 unspecified atom stereocenters. The van der Waals surface area contributed by atoms with E-state index in [1.807, 2.05) is 13.8 Å². The number of benzene rings is 1. The van der Waals surface area contributed by atoms with Crippen molar-refractivity contribution in [3.63, 3.8) is 0 Å². The Bertz CT molecular complexity index is 853. The smallest absolute Gasteiger partial charge is 0.417 e. The SMILES string of the molecule is CC(C)Sc1ncc(C(F)(F)F)cc1-c1ccc(OCC2CC2C(=O)O)cc1. The number of carboxylic acids is 1.